The summed E-state index contributed by atoms with van der Waals surface area (Å²) in [5.41, 5.74) is 2.24. The van der Waals surface area contributed by atoms with E-state index in [4.69, 9.17) is 0 Å². The summed E-state index contributed by atoms with van der Waals surface area (Å²) in [5, 5.41) is 3.11. The second-order valence-electron chi connectivity index (χ2n) is 3.06. The second-order valence-corrected chi connectivity index (χ2v) is 3.06. The maximum absolute atomic E-state index is 4.07. The number of aryl methyl sites for hydroxylation is 1. The molecule has 0 spiro atoms. The van der Waals surface area contributed by atoms with Gasteiger partial charge in [0.15, 0.2) is 0 Å². The molecule has 0 radical (unpaired) electrons. The van der Waals surface area contributed by atoms with Crippen LogP contribution in [-0.4, -0.2) is 9.97 Å². The molecule has 0 unspecified atom stereocenters. The molecule has 3 heteroatoms. The van der Waals surface area contributed by atoms with Crippen LogP contribution in [0, 0.1) is 6.92 Å². The first-order valence-electron chi connectivity index (χ1n) is 5.45. The van der Waals surface area contributed by atoms with Crippen LogP contribution in [-0.2, 0) is 0 Å². The average Bonchev–Trinajstić information content (AvgIpc) is 2.36. The van der Waals surface area contributed by atoms with Crippen LogP contribution in [0.2, 0.25) is 0 Å². The fourth-order valence-electron chi connectivity index (χ4n) is 1.13. The van der Waals surface area contributed by atoms with Crippen molar-refractivity contribution in [3.05, 3.63) is 48.3 Å². The van der Waals surface area contributed by atoms with Crippen LogP contribution in [0.5, 0.6) is 0 Å². The molecule has 0 fully saturated rings. The maximum Gasteiger partial charge on any atom is 0.227 e. The lowest BCUT2D eigenvalue weighted by Gasteiger charge is -2.03. The number of nitrogens with zero attached hydrogens (tertiary/aromatic N) is 2. The van der Waals surface area contributed by atoms with E-state index in [1.807, 2.05) is 38.1 Å². The number of nitrogens with one attached hydrogen (secondary N) is 1. The number of rotatable bonds is 2. The van der Waals surface area contributed by atoms with Crippen LogP contribution in [0.4, 0.5) is 11.6 Å². The smallest absolute Gasteiger partial charge is 0.227 e. The van der Waals surface area contributed by atoms with Crippen molar-refractivity contribution in [1.29, 1.82) is 0 Å². The highest BCUT2D eigenvalue weighted by Gasteiger charge is 1.94. The van der Waals surface area contributed by atoms with Crippen LogP contribution in [0.25, 0.3) is 0 Å². The highest BCUT2D eigenvalue weighted by molar-refractivity contribution is 5.53. The fourth-order valence-corrected chi connectivity index (χ4v) is 1.13. The Kier molecular flexibility index (Phi) is 4.99. The van der Waals surface area contributed by atoms with Gasteiger partial charge in [0, 0.05) is 18.1 Å². The summed E-state index contributed by atoms with van der Waals surface area (Å²) in [7, 11) is 0. The Morgan fingerprint density at radius 3 is 2.06 bits per heavy atom. The predicted molar refractivity (Wildman–Crippen MR) is 67.8 cm³/mol. The second kappa shape index (κ2) is 6.56. The highest BCUT2D eigenvalue weighted by Crippen LogP contribution is 2.12. The molecule has 1 heterocycles. The van der Waals surface area contributed by atoms with Crippen molar-refractivity contribution >= 4 is 11.6 Å². The van der Waals surface area contributed by atoms with Gasteiger partial charge in [-0.2, -0.15) is 0 Å². The van der Waals surface area contributed by atoms with E-state index in [9.17, 15) is 0 Å². The zero-order valence-corrected chi connectivity index (χ0v) is 9.94. The molecule has 0 bridgehead atoms. The van der Waals surface area contributed by atoms with E-state index in [0.717, 1.165) is 5.69 Å². The molecule has 2 rings (SSSR count). The number of aromatic nitrogens is 2. The van der Waals surface area contributed by atoms with Crippen molar-refractivity contribution in [3.63, 3.8) is 0 Å². The Labute approximate surface area is 96.6 Å². The molecule has 16 heavy (non-hydrogen) atoms. The fraction of sp³-hybridized carbons (Fsp3) is 0.231. The van der Waals surface area contributed by atoms with E-state index in [-0.39, 0.29) is 0 Å². The van der Waals surface area contributed by atoms with Crippen LogP contribution in [0.1, 0.15) is 19.4 Å². The van der Waals surface area contributed by atoms with Gasteiger partial charge in [0.2, 0.25) is 5.95 Å². The van der Waals surface area contributed by atoms with E-state index in [1.165, 1.54) is 5.56 Å². The van der Waals surface area contributed by atoms with Crippen molar-refractivity contribution in [2.75, 3.05) is 5.32 Å². The van der Waals surface area contributed by atoms with E-state index >= 15 is 0 Å². The normalized spacial score (nSPS) is 8.94. The summed E-state index contributed by atoms with van der Waals surface area (Å²) < 4.78 is 0. The molecule has 3 nitrogen and oxygen atoms in total. The third kappa shape index (κ3) is 3.69. The summed E-state index contributed by atoms with van der Waals surface area (Å²) >= 11 is 0. The highest BCUT2D eigenvalue weighted by atomic mass is 15.1. The topological polar surface area (TPSA) is 37.8 Å². The van der Waals surface area contributed by atoms with Gasteiger partial charge in [-0.25, -0.2) is 9.97 Å². The van der Waals surface area contributed by atoms with Crippen LogP contribution in [0.3, 0.4) is 0 Å². The van der Waals surface area contributed by atoms with E-state index < -0.39 is 0 Å². The SMILES string of the molecule is CC.Cc1ccc(Nc2ncccn2)cc1. The molecule has 0 saturated carbocycles. The zero-order valence-electron chi connectivity index (χ0n) is 9.94. The van der Waals surface area contributed by atoms with Gasteiger partial charge in [-0.05, 0) is 25.1 Å². The van der Waals surface area contributed by atoms with Gasteiger partial charge in [0.05, 0.1) is 0 Å². The Morgan fingerprint density at radius 2 is 1.50 bits per heavy atom. The molecule has 0 saturated heterocycles. The first kappa shape index (κ1) is 12.2. The zero-order chi connectivity index (χ0) is 11.8. The monoisotopic (exact) mass is 215 g/mol. The Hall–Kier alpha value is -1.90. The van der Waals surface area contributed by atoms with Gasteiger partial charge >= 0.3 is 0 Å². The van der Waals surface area contributed by atoms with Crippen LogP contribution in [0.15, 0.2) is 42.7 Å². The van der Waals surface area contributed by atoms with Crippen molar-refractivity contribution < 1.29 is 0 Å². The first-order chi connectivity index (χ1) is 7.84. The van der Waals surface area contributed by atoms with E-state index in [1.54, 1.807) is 18.5 Å². The predicted octanol–water partition coefficient (Wildman–Crippen LogP) is 3.55. The summed E-state index contributed by atoms with van der Waals surface area (Å²) in [6, 6.07) is 9.90. The molecule has 2 aromatic rings. The standard InChI is InChI=1S/C11H11N3.C2H6/c1-9-3-5-10(6-4-9)14-11-12-7-2-8-13-11;1-2/h2-8H,1H3,(H,12,13,14);1-2H3. The number of hydrogen-bond donors (Lipinski definition) is 1. The Balaban J connectivity index is 0.000000606. The van der Waals surface area contributed by atoms with E-state index in [0.29, 0.717) is 5.95 Å². The molecule has 0 aliphatic carbocycles. The largest absolute Gasteiger partial charge is 0.324 e. The van der Waals surface area contributed by atoms with Crippen LogP contribution >= 0.6 is 0 Å². The van der Waals surface area contributed by atoms with Crippen LogP contribution < -0.4 is 5.32 Å². The minimum atomic E-state index is 0.622. The molecule has 1 N–H and O–H groups in total. The minimum Gasteiger partial charge on any atom is -0.324 e. The van der Waals surface area contributed by atoms with Crippen molar-refractivity contribution in [1.82, 2.24) is 9.97 Å². The number of hydrogen-bond acceptors (Lipinski definition) is 3. The molecule has 1 aromatic carbocycles. The lowest BCUT2D eigenvalue weighted by Crippen LogP contribution is -1.95. The summed E-state index contributed by atoms with van der Waals surface area (Å²) in [6.45, 7) is 6.06. The van der Waals surface area contributed by atoms with E-state index in [2.05, 4.69) is 22.2 Å². The van der Waals surface area contributed by atoms with Crippen molar-refractivity contribution in [3.8, 4) is 0 Å². The molecule has 84 valence electrons. The first-order valence-corrected chi connectivity index (χ1v) is 5.45. The van der Waals surface area contributed by atoms with Gasteiger partial charge < -0.3 is 5.32 Å². The number of benzene rings is 1. The summed E-state index contributed by atoms with van der Waals surface area (Å²) in [6.07, 6.45) is 3.42. The third-order valence-electron chi connectivity index (χ3n) is 1.87. The third-order valence-corrected chi connectivity index (χ3v) is 1.87. The summed E-state index contributed by atoms with van der Waals surface area (Å²) in [4.78, 5) is 8.15. The lowest BCUT2D eigenvalue weighted by atomic mass is 10.2. The van der Waals surface area contributed by atoms with Gasteiger partial charge in [0.25, 0.3) is 0 Å². The average molecular weight is 215 g/mol. The molecule has 0 aliphatic heterocycles. The molecule has 1 aromatic heterocycles. The molecular weight excluding hydrogens is 198 g/mol. The minimum absolute atomic E-state index is 0.622. The Morgan fingerprint density at radius 1 is 0.938 bits per heavy atom. The Bertz CT molecular complexity index is 395. The van der Waals surface area contributed by atoms with Gasteiger partial charge in [-0.15, -0.1) is 0 Å². The summed E-state index contributed by atoms with van der Waals surface area (Å²) in [5.74, 6) is 0.622. The molecular formula is C13H17N3. The molecule has 0 aliphatic rings. The molecule has 0 atom stereocenters. The quantitative estimate of drug-likeness (QED) is 0.832. The lowest BCUT2D eigenvalue weighted by molar-refractivity contribution is 1.17. The molecule has 0 amide bonds. The maximum atomic E-state index is 4.07. The van der Waals surface area contributed by atoms with Crippen molar-refractivity contribution in [2.45, 2.75) is 20.8 Å². The van der Waals surface area contributed by atoms with Gasteiger partial charge in [0.1, 0.15) is 0 Å². The van der Waals surface area contributed by atoms with Crippen molar-refractivity contribution in [2.24, 2.45) is 0 Å². The number of anilines is 2. The van der Waals surface area contributed by atoms with Gasteiger partial charge in [-0.3, -0.25) is 0 Å². The van der Waals surface area contributed by atoms with Gasteiger partial charge in [-0.1, -0.05) is 31.5 Å².